The van der Waals surface area contributed by atoms with Gasteiger partial charge in [-0.3, -0.25) is 0 Å². The van der Waals surface area contributed by atoms with Crippen LogP contribution in [-0.2, 0) is 0 Å². The highest BCUT2D eigenvalue weighted by Gasteiger charge is 2.20. The molecular weight excluding hydrogens is 270 g/mol. The molecule has 3 nitrogen and oxygen atoms in total. The van der Waals surface area contributed by atoms with Gasteiger partial charge in [-0.1, -0.05) is 26.8 Å². The Morgan fingerprint density at radius 1 is 1.10 bits per heavy atom. The monoisotopic (exact) mass is 297 g/mol. The lowest BCUT2D eigenvalue weighted by atomic mass is 10.1. The van der Waals surface area contributed by atoms with E-state index in [0.717, 1.165) is 29.4 Å². The van der Waals surface area contributed by atoms with Crippen LogP contribution in [0.15, 0.2) is 18.2 Å². The second-order valence-corrected chi connectivity index (χ2v) is 6.19. The van der Waals surface area contributed by atoms with Crippen molar-refractivity contribution in [3.8, 4) is 11.5 Å². The molecule has 0 aliphatic rings. The van der Waals surface area contributed by atoms with Crippen LogP contribution in [0.25, 0.3) is 0 Å². The lowest BCUT2D eigenvalue weighted by Gasteiger charge is -2.23. The van der Waals surface area contributed by atoms with Gasteiger partial charge in [-0.25, -0.2) is 0 Å². The van der Waals surface area contributed by atoms with E-state index < -0.39 is 0 Å². The highest BCUT2D eigenvalue weighted by Crippen LogP contribution is 2.35. The first-order valence-corrected chi connectivity index (χ1v) is 8.31. The van der Waals surface area contributed by atoms with Crippen molar-refractivity contribution < 1.29 is 9.47 Å². The number of ether oxygens (including phenoxy) is 2. The van der Waals surface area contributed by atoms with Crippen molar-refractivity contribution in [3.05, 3.63) is 23.8 Å². The number of rotatable bonds is 9. The number of nitrogens with one attached hydrogen (secondary N) is 1. The molecule has 0 aliphatic carbocycles. The first kappa shape index (κ1) is 17.2. The molecule has 1 aromatic carbocycles. The molecule has 1 unspecified atom stereocenters. The largest absolute Gasteiger partial charge is 0.496 e. The summed E-state index contributed by atoms with van der Waals surface area (Å²) in [5.41, 5.74) is 1.12. The van der Waals surface area contributed by atoms with Crippen LogP contribution in [0.4, 0.5) is 0 Å². The molecule has 0 aromatic heterocycles. The first-order chi connectivity index (χ1) is 9.63. The molecule has 1 rings (SSSR count). The Morgan fingerprint density at radius 3 is 2.15 bits per heavy atom. The predicted octanol–water partition coefficient (Wildman–Crippen LogP) is 3.74. The summed E-state index contributed by atoms with van der Waals surface area (Å²) in [7, 11) is 3.42. The number of thioether (sulfide) groups is 1. The topological polar surface area (TPSA) is 30.5 Å². The smallest absolute Gasteiger partial charge is 0.127 e. The molecule has 1 N–H and O–H groups in total. The number of methoxy groups -OCH3 is 2. The van der Waals surface area contributed by atoms with E-state index in [0.29, 0.717) is 5.92 Å². The molecule has 4 heteroatoms. The summed E-state index contributed by atoms with van der Waals surface area (Å²) in [5.74, 6) is 4.67. The molecule has 0 fully saturated rings. The van der Waals surface area contributed by atoms with Crippen LogP contribution in [0.2, 0.25) is 0 Å². The fourth-order valence-corrected chi connectivity index (χ4v) is 3.26. The van der Waals surface area contributed by atoms with Crippen LogP contribution in [0.5, 0.6) is 11.5 Å². The summed E-state index contributed by atoms with van der Waals surface area (Å²) in [6.07, 6.45) is 0. The summed E-state index contributed by atoms with van der Waals surface area (Å²) in [6, 6.07) is 6.20. The number of benzene rings is 1. The van der Waals surface area contributed by atoms with Crippen molar-refractivity contribution in [2.75, 3.05) is 32.3 Å². The SMILES string of the molecule is CCNC(CSCC(C)C)c1c(OC)cccc1OC. The highest BCUT2D eigenvalue weighted by atomic mass is 32.2. The van der Waals surface area contributed by atoms with Gasteiger partial charge in [0.1, 0.15) is 11.5 Å². The van der Waals surface area contributed by atoms with Crippen molar-refractivity contribution >= 4 is 11.8 Å². The number of hydrogen-bond acceptors (Lipinski definition) is 4. The van der Waals surface area contributed by atoms with Gasteiger partial charge in [0.2, 0.25) is 0 Å². The maximum atomic E-state index is 5.51. The molecule has 0 aliphatic heterocycles. The molecule has 1 aromatic rings. The van der Waals surface area contributed by atoms with Gasteiger partial charge in [-0.2, -0.15) is 11.8 Å². The second-order valence-electron chi connectivity index (χ2n) is 5.12. The van der Waals surface area contributed by atoms with Crippen molar-refractivity contribution in [3.63, 3.8) is 0 Å². The van der Waals surface area contributed by atoms with Gasteiger partial charge in [-0.15, -0.1) is 0 Å². The fourth-order valence-electron chi connectivity index (χ4n) is 2.14. The third-order valence-corrected chi connectivity index (χ3v) is 4.47. The lowest BCUT2D eigenvalue weighted by molar-refractivity contribution is 0.375. The maximum absolute atomic E-state index is 5.51. The highest BCUT2D eigenvalue weighted by molar-refractivity contribution is 7.99. The van der Waals surface area contributed by atoms with E-state index in [9.17, 15) is 0 Å². The van der Waals surface area contributed by atoms with E-state index in [1.54, 1.807) is 14.2 Å². The fraction of sp³-hybridized carbons (Fsp3) is 0.625. The molecule has 114 valence electrons. The molecule has 0 spiro atoms. The summed E-state index contributed by atoms with van der Waals surface area (Å²) in [4.78, 5) is 0. The zero-order valence-corrected chi connectivity index (χ0v) is 14.0. The van der Waals surface area contributed by atoms with Gasteiger partial charge < -0.3 is 14.8 Å². The van der Waals surface area contributed by atoms with E-state index in [1.165, 1.54) is 5.75 Å². The van der Waals surface area contributed by atoms with Crippen molar-refractivity contribution in [1.29, 1.82) is 0 Å². The van der Waals surface area contributed by atoms with E-state index in [-0.39, 0.29) is 6.04 Å². The Hall–Kier alpha value is -0.870. The average molecular weight is 297 g/mol. The Balaban J connectivity index is 2.94. The van der Waals surface area contributed by atoms with Crippen LogP contribution >= 0.6 is 11.8 Å². The maximum Gasteiger partial charge on any atom is 0.127 e. The Kier molecular flexibility index (Phi) is 7.85. The standard InChI is InChI=1S/C16H27NO2S/c1-6-17-13(11-20-10-12(2)3)16-14(18-4)8-7-9-15(16)19-5/h7-9,12-13,17H,6,10-11H2,1-5H3. The van der Waals surface area contributed by atoms with Gasteiger partial charge in [0.05, 0.1) is 19.8 Å². The minimum atomic E-state index is 0.245. The second kappa shape index (κ2) is 9.14. The molecule has 0 saturated heterocycles. The predicted molar refractivity (Wildman–Crippen MR) is 88.1 cm³/mol. The van der Waals surface area contributed by atoms with Crippen LogP contribution in [0, 0.1) is 5.92 Å². The van der Waals surface area contributed by atoms with Crippen LogP contribution < -0.4 is 14.8 Å². The summed E-state index contributed by atoms with van der Waals surface area (Å²) >= 11 is 1.97. The van der Waals surface area contributed by atoms with Crippen molar-refractivity contribution in [2.45, 2.75) is 26.8 Å². The minimum absolute atomic E-state index is 0.245. The lowest BCUT2D eigenvalue weighted by Crippen LogP contribution is -2.24. The van der Waals surface area contributed by atoms with Crippen molar-refractivity contribution in [2.24, 2.45) is 5.92 Å². The molecule has 20 heavy (non-hydrogen) atoms. The Bertz CT molecular complexity index is 374. The van der Waals surface area contributed by atoms with E-state index in [4.69, 9.17) is 9.47 Å². The molecule has 0 radical (unpaired) electrons. The molecule has 0 bridgehead atoms. The molecule has 1 atom stereocenters. The Labute approximate surface area is 127 Å². The number of hydrogen-bond donors (Lipinski definition) is 1. The van der Waals surface area contributed by atoms with Gasteiger partial charge in [-0.05, 0) is 30.3 Å². The summed E-state index contributed by atoms with van der Waals surface area (Å²) < 4.78 is 11.0. The molecule has 0 saturated carbocycles. The quantitative estimate of drug-likeness (QED) is 0.752. The van der Waals surface area contributed by atoms with E-state index in [1.807, 2.05) is 30.0 Å². The van der Waals surface area contributed by atoms with E-state index >= 15 is 0 Å². The zero-order valence-electron chi connectivity index (χ0n) is 13.2. The van der Waals surface area contributed by atoms with Crippen molar-refractivity contribution in [1.82, 2.24) is 5.32 Å². The molecule has 0 heterocycles. The Morgan fingerprint density at radius 2 is 1.70 bits per heavy atom. The average Bonchev–Trinajstić information content (AvgIpc) is 2.45. The normalized spacial score (nSPS) is 12.5. The zero-order chi connectivity index (χ0) is 15.0. The molecular formula is C16H27NO2S. The van der Waals surface area contributed by atoms with Gasteiger partial charge in [0, 0.05) is 11.8 Å². The summed E-state index contributed by atoms with van der Waals surface area (Å²) in [6.45, 7) is 7.55. The minimum Gasteiger partial charge on any atom is -0.496 e. The van der Waals surface area contributed by atoms with Gasteiger partial charge >= 0.3 is 0 Å². The first-order valence-electron chi connectivity index (χ1n) is 7.16. The summed E-state index contributed by atoms with van der Waals surface area (Å²) in [5, 5.41) is 3.54. The molecule has 0 amide bonds. The van der Waals surface area contributed by atoms with Crippen LogP contribution in [-0.4, -0.2) is 32.3 Å². The van der Waals surface area contributed by atoms with Crippen LogP contribution in [0.3, 0.4) is 0 Å². The van der Waals surface area contributed by atoms with Gasteiger partial charge in [0.15, 0.2) is 0 Å². The third kappa shape index (κ3) is 4.91. The van der Waals surface area contributed by atoms with Gasteiger partial charge in [0.25, 0.3) is 0 Å². The van der Waals surface area contributed by atoms with E-state index in [2.05, 4.69) is 26.1 Å². The third-order valence-electron chi connectivity index (χ3n) is 3.00. The van der Waals surface area contributed by atoms with Crippen LogP contribution in [0.1, 0.15) is 32.4 Å².